The fraction of sp³-hybridized carbons (Fsp3) is 0.700. The summed E-state index contributed by atoms with van der Waals surface area (Å²) in [5.74, 6) is 0.670. The van der Waals surface area contributed by atoms with Gasteiger partial charge in [0.25, 0.3) is 0 Å². The molecule has 0 spiro atoms. The minimum atomic E-state index is 0.241. The van der Waals surface area contributed by atoms with Gasteiger partial charge < -0.3 is 0 Å². The Bertz CT molecular complexity index is 257. The Morgan fingerprint density at radius 2 is 2.23 bits per heavy atom. The van der Waals surface area contributed by atoms with E-state index in [1.807, 2.05) is 6.92 Å². The molecular formula is C10H16ClNS. The van der Waals surface area contributed by atoms with E-state index in [0.29, 0.717) is 5.92 Å². The molecule has 1 unspecified atom stereocenters. The van der Waals surface area contributed by atoms with Crippen LogP contribution in [0.15, 0.2) is 5.38 Å². The van der Waals surface area contributed by atoms with Crippen molar-refractivity contribution in [1.29, 1.82) is 0 Å². The molecular weight excluding hydrogens is 202 g/mol. The zero-order valence-corrected chi connectivity index (χ0v) is 9.95. The second-order valence-corrected chi connectivity index (χ2v) is 5.37. The van der Waals surface area contributed by atoms with E-state index in [4.69, 9.17) is 11.6 Å². The zero-order valence-electron chi connectivity index (χ0n) is 8.38. The van der Waals surface area contributed by atoms with Crippen LogP contribution in [0.2, 0.25) is 0 Å². The maximum Gasteiger partial charge on any atom is 0.0942 e. The summed E-state index contributed by atoms with van der Waals surface area (Å²) in [6.07, 6.45) is 1.98. The molecule has 0 saturated heterocycles. The van der Waals surface area contributed by atoms with Crippen LogP contribution in [0.4, 0.5) is 0 Å². The van der Waals surface area contributed by atoms with Crippen LogP contribution in [0, 0.1) is 12.8 Å². The van der Waals surface area contributed by atoms with Crippen LogP contribution < -0.4 is 0 Å². The van der Waals surface area contributed by atoms with E-state index in [0.717, 1.165) is 23.5 Å². The number of aromatic nitrogens is 1. The van der Waals surface area contributed by atoms with Gasteiger partial charge in [-0.15, -0.1) is 22.9 Å². The van der Waals surface area contributed by atoms with Gasteiger partial charge in [-0.25, -0.2) is 4.98 Å². The van der Waals surface area contributed by atoms with E-state index in [1.54, 1.807) is 11.3 Å². The monoisotopic (exact) mass is 217 g/mol. The highest BCUT2D eigenvalue weighted by Crippen LogP contribution is 2.18. The number of hydrogen-bond acceptors (Lipinski definition) is 2. The summed E-state index contributed by atoms with van der Waals surface area (Å²) in [5.41, 5.74) is 1.11. The SMILES string of the molecule is Cc1csc(CC(Cl)CC(C)C)n1. The van der Waals surface area contributed by atoms with Crippen molar-refractivity contribution in [3.63, 3.8) is 0 Å². The molecule has 1 heterocycles. The molecule has 1 nitrogen and oxygen atoms in total. The Balaban J connectivity index is 2.40. The summed E-state index contributed by atoms with van der Waals surface area (Å²) in [6.45, 7) is 6.41. The molecule has 13 heavy (non-hydrogen) atoms. The average molecular weight is 218 g/mol. The molecule has 74 valence electrons. The smallest absolute Gasteiger partial charge is 0.0942 e. The van der Waals surface area contributed by atoms with E-state index in [9.17, 15) is 0 Å². The predicted octanol–water partition coefficient (Wildman–Crippen LogP) is 3.65. The van der Waals surface area contributed by atoms with Crippen molar-refractivity contribution in [2.75, 3.05) is 0 Å². The molecule has 0 aliphatic carbocycles. The lowest BCUT2D eigenvalue weighted by Gasteiger charge is -2.09. The molecule has 0 aliphatic heterocycles. The first kappa shape index (κ1) is 11.0. The highest BCUT2D eigenvalue weighted by atomic mass is 35.5. The molecule has 0 aromatic carbocycles. The van der Waals surface area contributed by atoms with E-state index in [-0.39, 0.29) is 5.38 Å². The first-order valence-corrected chi connectivity index (χ1v) is 5.94. The lowest BCUT2D eigenvalue weighted by atomic mass is 10.1. The topological polar surface area (TPSA) is 12.9 Å². The van der Waals surface area contributed by atoms with Gasteiger partial charge in [-0.2, -0.15) is 0 Å². The summed E-state index contributed by atoms with van der Waals surface area (Å²) < 4.78 is 0. The number of hydrogen-bond donors (Lipinski definition) is 0. The normalized spacial score (nSPS) is 13.6. The van der Waals surface area contributed by atoms with Crippen molar-refractivity contribution < 1.29 is 0 Å². The Morgan fingerprint density at radius 1 is 1.54 bits per heavy atom. The Kier molecular flexibility index (Phi) is 4.20. The minimum absolute atomic E-state index is 0.241. The van der Waals surface area contributed by atoms with Gasteiger partial charge in [-0.3, -0.25) is 0 Å². The molecule has 0 fully saturated rings. The molecule has 0 amide bonds. The molecule has 0 radical (unpaired) electrons. The summed E-state index contributed by atoms with van der Waals surface area (Å²) >= 11 is 7.90. The third-order valence-corrected chi connectivity index (χ3v) is 3.11. The average Bonchev–Trinajstić information content (AvgIpc) is 2.33. The van der Waals surface area contributed by atoms with Gasteiger partial charge in [-0.1, -0.05) is 13.8 Å². The van der Waals surface area contributed by atoms with Gasteiger partial charge in [0, 0.05) is 22.9 Å². The van der Waals surface area contributed by atoms with Crippen LogP contribution in [0.5, 0.6) is 0 Å². The molecule has 0 aliphatic rings. The van der Waals surface area contributed by atoms with Crippen molar-refractivity contribution >= 4 is 22.9 Å². The van der Waals surface area contributed by atoms with Gasteiger partial charge in [0.15, 0.2) is 0 Å². The van der Waals surface area contributed by atoms with Crippen LogP contribution in [-0.2, 0) is 6.42 Å². The molecule has 1 rings (SSSR count). The predicted molar refractivity (Wildman–Crippen MR) is 59.7 cm³/mol. The third-order valence-electron chi connectivity index (χ3n) is 1.79. The van der Waals surface area contributed by atoms with Crippen LogP contribution >= 0.6 is 22.9 Å². The highest BCUT2D eigenvalue weighted by Gasteiger charge is 2.10. The largest absolute Gasteiger partial charge is 0.247 e. The Morgan fingerprint density at radius 3 is 2.69 bits per heavy atom. The lowest BCUT2D eigenvalue weighted by Crippen LogP contribution is -2.06. The number of halogens is 1. The summed E-state index contributed by atoms with van der Waals surface area (Å²) in [4.78, 5) is 4.39. The molecule has 1 atom stereocenters. The molecule has 0 N–H and O–H groups in total. The number of alkyl halides is 1. The number of thiazole rings is 1. The van der Waals surface area contributed by atoms with Crippen molar-refractivity contribution in [2.45, 2.75) is 39.0 Å². The summed E-state index contributed by atoms with van der Waals surface area (Å²) in [6, 6.07) is 0. The summed E-state index contributed by atoms with van der Waals surface area (Å²) in [7, 11) is 0. The van der Waals surface area contributed by atoms with Gasteiger partial charge in [0.2, 0.25) is 0 Å². The quantitative estimate of drug-likeness (QED) is 0.702. The van der Waals surface area contributed by atoms with Crippen molar-refractivity contribution in [1.82, 2.24) is 4.98 Å². The van der Waals surface area contributed by atoms with Crippen molar-refractivity contribution in [3.05, 3.63) is 16.1 Å². The molecule has 1 aromatic rings. The lowest BCUT2D eigenvalue weighted by molar-refractivity contribution is 0.561. The van der Waals surface area contributed by atoms with E-state index < -0.39 is 0 Å². The van der Waals surface area contributed by atoms with Gasteiger partial charge >= 0.3 is 0 Å². The second-order valence-electron chi connectivity index (χ2n) is 3.81. The van der Waals surface area contributed by atoms with Crippen LogP contribution in [0.1, 0.15) is 31.0 Å². The second kappa shape index (κ2) is 4.97. The maximum absolute atomic E-state index is 6.19. The van der Waals surface area contributed by atoms with Crippen LogP contribution in [-0.4, -0.2) is 10.4 Å². The fourth-order valence-electron chi connectivity index (χ4n) is 1.28. The van der Waals surface area contributed by atoms with Crippen LogP contribution in [0.25, 0.3) is 0 Å². The molecule has 0 saturated carbocycles. The first-order valence-electron chi connectivity index (χ1n) is 4.63. The zero-order chi connectivity index (χ0) is 9.84. The standard InChI is InChI=1S/C10H16ClNS/c1-7(2)4-9(11)5-10-12-8(3)6-13-10/h6-7,9H,4-5H2,1-3H3. The van der Waals surface area contributed by atoms with Gasteiger partial charge in [-0.05, 0) is 19.3 Å². The molecule has 1 aromatic heterocycles. The first-order chi connectivity index (χ1) is 6.08. The Labute approximate surface area is 89.1 Å². The molecule has 0 bridgehead atoms. The van der Waals surface area contributed by atoms with E-state index >= 15 is 0 Å². The highest BCUT2D eigenvalue weighted by molar-refractivity contribution is 7.09. The summed E-state index contributed by atoms with van der Waals surface area (Å²) in [5, 5.41) is 3.48. The fourth-order valence-corrected chi connectivity index (χ4v) is 2.73. The third kappa shape index (κ3) is 4.10. The van der Waals surface area contributed by atoms with Crippen LogP contribution in [0.3, 0.4) is 0 Å². The van der Waals surface area contributed by atoms with Crippen molar-refractivity contribution in [2.24, 2.45) is 5.92 Å². The van der Waals surface area contributed by atoms with Crippen molar-refractivity contribution in [3.8, 4) is 0 Å². The van der Waals surface area contributed by atoms with E-state index in [2.05, 4.69) is 24.2 Å². The molecule has 3 heteroatoms. The van der Waals surface area contributed by atoms with Gasteiger partial charge in [0.1, 0.15) is 0 Å². The number of nitrogens with zero attached hydrogens (tertiary/aromatic N) is 1. The minimum Gasteiger partial charge on any atom is -0.247 e. The van der Waals surface area contributed by atoms with Gasteiger partial charge in [0.05, 0.1) is 5.01 Å². The Hall–Kier alpha value is -0.0800. The van der Waals surface area contributed by atoms with E-state index in [1.165, 1.54) is 0 Å². The number of rotatable bonds is 4. The maximum atomic E-state index is 6.19. The number of aryl methyl sites for hydroxylation is 1.